The van der Waals surface area contributed by atoms with Crippen molar-refractivity contribution in [2.24, 2.45) is 0 Å². The molecule has 0 aromatic heterocycles. The molecule has 0 unspecified atom stereocenters. The Morgan fingerprint density at radius 3 is 1.82 bits per heavy atom. The lowest BCUT2D eigenvalue weighted by molar-refractivity contribution is -0.276. The molecule has 0 aliphatic rings. The van der Waals surface area contributed by atoms with E-state index in [-0.39, 0.29) is 23.3 Å². The van der Waals surface area contributed by atoms with Crippen molar-refractivity contribution in [3.63, 3.8) is 0 Å². The van der Waals surface area contributed by atoms with Gasteiger partial charge in [-0.1, -0.05) is 67.1 Å². The molecule has 0 N–H and O–H groups in total. The Morgan fingerprint density at radius 1 is 0.659 bits per heavy atom. The molecule has 0 atom stereocenters. The van der Waals surface area contributed by atoms with E-state index in [2.05, 4.69) is 28.5 Å². The Bertz CT molecular complexity index is 1620. The second-order valence-corrected chi connectivity index (χ2v) is 9.92. The molecular weight excluding hydrogens is 623 g/mol. The molecule has 4 aromatic rings. The van der Waals surface area contributed by atoms with E-state index in [4.69, 9.17) is 11.6 Å². The maximum absolute atomic E-state index is 15.1. The van der Waals surface area contributed by atoms with Crippen molar-refractivity contribution in [1.29, 1.82) is 0 Å². The normalized spacial score (nSPS) is 12.2. The number of ether oxygens (including phenoxy) is 2. The van der Waals surface area contributed by atoms with Crippen LogP contribution in [0.2, 0.25) is 5.02 Å². The summed E-state index contributed by atoms with van der Waals surface area (Å²) in [5, 5.41) is -0.745. The molecule has 44 heavy (non-hydrogen) atoms. The summed E-state index contributed by atoms with van der Waals surface area (Å²) in [4.78, 5) is 0. The second kappa shape index (κ2) is 13.3. The van der Waals surface area contributed by atoms with E-state index in [1.54, 1.807) is 6.07 Å². The Balaban J connectivity index is 1.55. The minimum Gasteiger partial charge on any atom is -0.424 e. The van der Waals surface area contributed by atoms with Crippen molar-refractivity contribution in [2.45, 2.75) is 38.7 Å². The molecule has 0 bridgehead atoms. The number of hydrogen-bond donors (Lipinski definition) is 0. The van der Waals surface area contributed by atoms with Crippen LogP contribution >= 0.6 is 11.6 Å². The van der Waals surface area contributed by atoms with Gasteiger partial charge in [-0.3, -0.25) is 0 Å². The fraction of sp³-hybridized carbons (Fsp3) is 0.188. The van der Waals surface area contributed by atoms with Crippen LogP contribution in [0.25, 0.3) is 22.3 Å². The molecule has 0 radical (unpaired) electrons. The molecule has 0 aliphatic carbocycles. The van der Waals surface area contributed by atoms with Crippen LogP contribution < -0.4 is 9.47 Å². The molecule has 0 aliphatic heterocycles. The minimum atomic E-state index is -5.50. The zero-order valence-electron chi connectivity index (χ0n) is 22.7. The van der Waals surface area contributed by atoms with Gasteiger partial charge >= 0.3 is 12.5 Å². The number of alkyl halides is 5. The van der Waals surface area contributed by atoms with Crippen molar-refractivity contribution in [3.8, 4) is 33.8 Å². The summed E-state index contributed by atoms with van der Waals surface area (Å²) in [7, 11) is 0. The van der Waals surface area contributed by atoms with E-state index in [0.29, 0.717) is 11.6 Å². The zero-order valence-corrected chi connectivity index (χ0v) is 23.5. The molecule has 4 rings (SSSR count). The van der Waals surface area contributed by atoms with Crippen LogP contribution in [-0.4, -0.2) is 6.36 Å². The van der Waals surface area contributed by atoms with Crippen molar-refractivity contribution in [3.05, 3.63) is 118 Å². The van der Waals surface area contributed by atoms with Crippen LogP contribution in [0.5, 0.6) is 11.5 Å². The topological polar surface area (TPSA) is 18.5 Å². The van der Waals surface area contributed by atoms with E-state index >= 15 is 4.39 Å². The molecular formula is C32H22ClF9O2. The summed E-state index contributed by atoms with van der Waals surface area (Å²) < 4.78 is 132. The number of rotatable bonds is 10. The molecule has 0 heterocycles. The van der Waals surface area contributed by atoms with Crippen LogP contribution in [0.3, 0.4) is 0 Å². The summed E-state index contributed by atoms with van der Waals surface area (Å²) in [5.74, 6) is -9.68. The van der Waals surface area contributed by atoms with Crippen LogP contribution in [0.15, 0.2) is 78.9 Å². The number of aryl methyl sites for hydroxylation is 1. The Hall–Kier alpha value is -4.12. The lowest BCUT2D eigenvalue weighted by Gasteiger charge is -2.21. The van der Waals surface area contributed by atoms with Gasteiger partial charge in [0, 0.05) is 5.56 Å². The highest BCUT2D eigenvalue weighted by Crippen LogP contribution is 2.41. The lowest BCUT2D eigenvalue weighted by Crippen LogP contribution is -2.24. The average Bonchev–Trinajstić information content (AvgIpc) is 2.94. The molecule has 2 nitrogen and oxygen atoms in total. The van der Waals surface area contributed by atoms with Crippen LogP contribution in [0.1, 0.15) is 30.9 Å². The summed E-state index contributed by atoms with van der Waals surface area (Å²) in [6, 6.07) is 13.0. The predicted molar refractivity (Wildman–Crippen MR) is 148 cm³/mol. The number of hydrogen-bond acceptors (Lipinski definition) is 2. The maximum Gasteiger partial charge on any atom is 0.573 e. The van der Waals surface area contributed by atoms with E-state index in [9.17, 15) is 35.1 Å². The first kappa shape index (κ1) is 32.8. The summed E-state index contributed by atoms with van der Waals surface area (Å²) in [5.41, 5.74) is 0.521. The minimum absolute atomic E-state index is 0.114. The summed E-state index contributed by atoms with van der Waals surface area (Å²) in [6.07, 6.45) is -3.29. The van der Waals surface area contributed by atoms with Crippen LogP contribution in [0.4, 0.5) is 39.5 Å². The Labute approximate surface area is 251 Å². The van der Waals surface area contributed by atoms with Crippen LogP contribution in [0, 0.1) is 23.3 Å². The second-order valence-electron chi connectivity index (χ2n) is 9.51. The molecule has 0 amide bonds. The highest BCUT2D eigenvalue weighted by atomic mass is 35.5. The molecule has 12 heteroatoms. The molecule has 232 valence electrons. The Kier molecular flexibility index (Phi) is 9.88. The first-order chi connectivity index (χ1) is 20.7. The van der Waals surface area contributed by atoms with Gasteiger partial charge in [-0.05, 0) is 71.8 Å². The zero-order chi connectivity index (χ0) is 32.2. The third kappa shape index (κ3) is 7.88. The van der Waals surface area contributed by atoms with Gasteiger partial charge in [-0.25, -0.2) is 17.6 Å². The van der Waals surface area contributed by atoms with Gasteiger partial charge in [0.1, 0.15) is 5.82 Å². The van der Waals surface area contributed by atoms with Gasteiger partial charge in [0.05, 0.1) is 10.6 Å². The van der Waals surface area contributed by atoms with Gasteiger partial charge in [0.2, 0.25) is 5.75 Å². The van der Waals surface area contributed by atoms with E-state index in [1.807, 2.05) is 24.3 Å². The van der Waals surface area contributed by atoms with E-state index in [0.717, 1.165) is 36.5 Å². The number of halogens is 10. The van der Waals surface area contributed by atoms with Crippen molar-refractivity contribution in [1.82, 2.24) is 0 Å². The van der Waals surface area contributed by atoms with E-state index < -0.39 is 57.8 Å². The average molecular weight is 645 g/mol. The van der Waals surface area contributed by atoms with Gasteiger partial charge in [0.15, 0.2) is 23.2 Å². The molecule has 0 saturated heterocycles. The predicted octanol–water partition coefficient (Wildman–Crippen LogP) is 11.2. The van der Waals surface area contributed by atoms with Gasteiger partial charge in [-0.2, -0.15) is 8.78 Å². The lowest BCUT2D eigenvalue weighted by atomic mass is 9.98. The summed E-state index contributed by atoms with van der Waals surface area (Å²) in [6.45, 7) is 2.05. The first-order valence-electron chi connectivity index (χ1n) is 13.0. The smallest absolute Gasteiger partial charge is 0.424 e. The van der Waals surface area contributed by atoms with Gasteiger partial charge < -0.3 is 9.47 Å². The number of benzene rings is 4. The highest BCUT2D eigenvalue weighted by Gasteiger charge is 2.40. The summed E-state index contributed by atoms with van der Waals surface area (Å²) >= 11 is 5.97. The van der Waals surface area contributed by atoms with Crippen molar-refractivity contribution < 1.29 is 49.0 Å². The third-order valence-electron chi connectivity index (χ3n) is 6.35. The van der Waals surface area contributed by atoms with Crippen molar-refractivity contribution in [2.75, 3.05) is 0 Å². The molecule has 0 saturated carbocycles. The fourth-order valence-electron chi connectivity index (χ4n) is 4.27. The van der Waals surface area contributed by atoms with Gasteiger partial charge in [0.25, 0.3) is 0 Å². The van der Waals surface area contributed by atoms with Gasteiger partial charge in [-0.15, -0.1) is 13.2 Å². The number of allylic oxidation sites excluding steroid dienone is 2. The molecule has 0 fully saturated rings. The molecule has 0 spiro atoms. The first-order valence-corrected chi connectivity index (χ1v) is 13.4. The fourth-order valence-corrected chi connectivity index (χ4v) is 4.51. The quantitative estimate of drug-likeness (QED) is 0.126. The molecule has 4 aromatic carbocycles. The SMILES string of the molecule is CC/C=C/CCc1ccc(-c2ccc(-c3cc(F)c(OC(F)(F)c4cc(F)c(OC(F)(F)F)c(F)c4)c(Cl)c3)c(F)c2)cc1. The Morgan fingerprint density at radius 2 is 1.25 bits per heavy atom. The monoisotopic (exact) mass is 644 g/mol. The highest BCUT2D eigenvalue weighted by molar-refractivity contribution is 6.32. The standard InChI is InChI=1S/C32H22ClF9O2/c1-2-3-4-5-6-18-7-9-19(10-8-18)20-11-12-23(25(34)14-20)21-13-24(33)29(26(35)15-21)43-31(38,39)22-16-27(36)30(28(37)17-22)44-32(40,41)42/h3-4,7-17H,2,5-6H2,1H3/b4-3+. The van der Waals surface area contributed by atoms with E-state index in [1.165, 1.54) is 12.1 Å². The third-order valence-corrected chi connectivity index (χ3v) is 6.63. The largest absolute Gasteiger partial charge is 0.573 e. The van der Waals surface area contributed by atoms with Crippen LogP contribution in [-0.2, 0) is 12.5 Å². The van der Waals surface area contributed by atoms with Crippen molar-refractivity contribution >= 4 is 11.6 Å². The maximum atomic E-state index is 15.1.